The number of rotatable bonds is 5. The average Bonchev–Trinajstić information content (AvgIpc) is 3.11. The van der Waals surface area contributed by atoms with Gasteiger partial charge in [0.05, 0.1) is 10.0 Å². The quantitative estimate of drug-likeness (QED) is 0.355. The molecular formula is C25H22ClNOS. The van der Waals surface area contributed by atoms with E-state index in [1.807, 2.05) is 6.07 Å². The summed E-state index contributed by atoms with van der Waals surface area (Å²) in [5.41, 5.74) is 4.14. The zero-order chi connectivity index (χ0) is 19.6. The average molecular weight is 420 g/mol. The molecule has 0 saturated heterocycles. The van der Waals surface area contributed by atoms with Crippen LogP contribution in [0.3, 0.4) is 0 Å². The summed E-state index contributed by atoms with van der Waals surface area (Å²) in [6.07, 6.45) is 4.87. The molecule has 0 unspecified atom stereocenters. The number of fused-ring (bicyclic) bond motifs is 2. The van der Waals surface area contributed by atoms with Gasteiger partial charge in [0.25, 0.3) is 0 Å². The van der Waals surface area contributed by atoms with Crippen molar-refractivity contribution in [1.29, 1.82) is 0 Å². The molecule has 3 aromatic carbocycles. The predicted molar refractivity (Wildman–Crippen MR) is 124 cm³/mol. The number of nitrogens with one attached hydrogen (secondary N) is 1. The van der Waals surface area contributed by atoms with Crippen LogP contribution in [0, 0.1) is 0 Å². The van der Waals surface area contributed by atoms with Crippen molar-refractivity contribution < 1.29 is 4.74 Å². The lowest BCUT2D eigenvalue weighted by Gasteiger charge is -2.16. The number of hydrogen-bond acceptors (Lipinski definition) is 3. The number of benzene rings is 3. The molecule has 5 rings (SSSR count). The summed E-state index contributed by atoms with van der Waals surface area (Å²) in [5.74, 6) is 0.870. The van der Waals surface area contributed by atoms with E-state index < -0.39 is 0 Å². The minimum atomic E-state index is 0.646. The summed E-state index contributed by atoms with van der Waals surface area (Å²) >= 11 is 8.01. The second-order valence-electron chi connectivity index (χ2n) is 7.48. The minimum absolute atomic E-state index is 0.646. The topological polar surface area (TPSA) is 21.3 Å². The standard InChI is InChI=1S/C25H22ClNOS/c26-23-15-24(27-16-20-10-5-9-18-7-3-4-11-22(18)20)29-25(23)28-21-13-12-17-6-1-2-8-19(17)14-21/h3-5,7,9-15,27H,1-2,6,8,16H2. The Kier molecular flexibility index (Phi) is 5.17. The molecule has 1 N–H and O–H groups in total. The number of hydrogen-bond donors (Lipinski definition) is 1. The monoisotopic (exact) mass is 419 g/mol. The number of ether oxygens (including phenoxy) is 1. The molecular weight excluding hydrogens is 398 g/mol. The summed E-state index contributed by atoms with van der Waals surface area (Å²) in [6, 6.07) is 23.3. The third kappa shape index (κ3) is 3.98. The van der Waals surface area contributed by atoms with Gasteiger partial charge in [-0.1, -0.05) is 71.5 Å². The summed E-state index contributed by atoms with van der Waals surface area (Å²) < 4.78 is 6.12. The molecule has 0 spiro atoms. The van der Waals surface area contributed by atoms with Crippen molar-refractivity contribution in [3.63, 3.8) is 0 Å². The van der Waals surface area contributed by atoms with Gasteiger partial charge in [-0.2, -0.15) is 0 Å². The van der Waals surface area contributed by atoms with Gasteiger partial charge in [-0.3, -0.25) is 0 Å². The van der Waals surface area contributed by atoms with Crippen molar-refractivity contribution in [2.45, 2.75) is 32.2 Å². The fourth-order valence-corrected chi connectivity index (χ4v) is 5.16. The van der Waals surface area contributed by atoms with Gasteiger partial charge in [0.2, 0.25) is 5.06 Å². The molecule has 1 aliphatic carbocycles. The van der Waals surface area contributed by atoms with Crippen molar-refractivity contribution in [2.24, 2.45) is 0 Å². The number of aryl methyl sites for hydroxylation is 2. The summed E-state index contributed by atoms with van der Waals surface area (Å²) in [4.78, 5) is 0. The van der Waals surface area contributed by atoms with Crippen LogP contribution in [0.5, 0.6) is 10.8 Å². The highest BCUT2D eigenvalue weighted by Crippen LogP contribution is 2.41. The minimum Gasteiger partial charge on any atom is -0.445 e. The lowest BCUT2D eigenvalue weighted by molar-refractivity contribution is 0.494. The van der Waals surface area contributed by atoms with E-state index in [-0.39, 0.29) is 0 Å². The summed E-state index contributed by atoms with van der Waals surface area (Å²) in [6.45, 7) is 0.747. The lowest BCUT2D eigenvalue weighted by Crippen LogP contribution is -2.02. The highest BCUT2D eigenvalue weighted by Gasteiger charge is 2.13. The fourth-order valence-electron chi connectivity index (χ4n) is 4.02. The first-order valence-electron chi connectivity index (χ1n) is 10.1. The Morgan fingerprint density at radius 1 is 0.897 bits per heavy atom. The van der Waals surface area contributed by atoms with E-state index >= 15 is 0 Å². The Balaban J connectivity index is 1.31. The Bertz CT molecular complexity index is 1160. The van der Waals surface area contributed by atoms with Crippen molar-refractivity contribution in [1.82, 2.24) is 0 Å². The summed E-state index contributed by atoms with van der Waals surface area (Å²) in [5, 5.41) is 8.43. The zero-order valence-electron chi connectivity index (χ0n) is 16.1. The van der Waals surface area contributed by atoms with Crippen LogP contribution >= 0.6 is 22.9 Å². The first-order chi connectivity index (χ1) is 14.3. The molecule has 0 radical (unpaired) electrons. The van der Waals surface area contributed by atoms with Crippen molar-refractivity contribution in [3.05, 3.63) is 88.4 Å². The lowest BCUT2D eigenvalue weighted by atomic mass is 9.92. The molecule has 0 amide bonds. The fraction of sp³-hybridized carbons (Fsp3) is 0.200. The van der Waals surface area contributed by atoms with Gasteiger partial charge in [0.15, 0.2) is 0 Å². The SMILES string of the molecule is Clc1cc(NCc2cccc3ccccc23)sc1Oc1ccc2c(c1)CCCC2. The van der Waals surface area contributed by atoms with Crippen LogP contribution in [-0.2, 0) is 19.4 Å². The molecule has 0 saturated carbocycles. The third-order valence-electron chi connectivity index (χ3n) is 5.52. The highest BCUT2D eigenvalue weighted by atomic mass is 35.5. The first kappa shape index (κ1) is 18.5. The molecule has 1 aromatic heterocycles. The normalized spacial score (nSPS) is 13.3. The molecule has 4 aromatic rings. The number of thiophene rings is 1. The third-order valence-corrected chi connectivity index (χ3v) is 6.88. The molecule has 0 fully saturated rings. The molecule has 1 heterocycles. The number of halogens is 1. The molecule has 0 atom stereocenters. The van der Waals surface area contributed by atoms with E-state index in [1.165, 1.54) is 46.7 Å². The second-order valence-corrected chi connectivity index (χ2v) is 8.90. The van der Waals surface area contributed by atoms with E-state index in [0.29, 0.717) is 5.02 Å². The molecule has 29 heavy (non-hydrogen) atoms. The smallest absolute Gasteiger partial charge is 0.201 e. The van der Waals surface area contributed by atoms with E-state index in [1.54, 1.807) is 11.3 Å². The van der Waals surface area contributed by atoms with Gasteiger partial charge >= 0.3 is 0 Å². The van der Waals surface area contributed by atoms with Crippen LogP contribution in [0.25, 0.3) is 10.8 Å². The molecule has 146 valence electrons. The largest absolute Gasteiger partial charge is 0.445 e. The van der Waals surface area contributed by atoms with Crippen LogP contribution in [-0.4, -0.2) is 0 Å². The zero-order valence-corrected chi connectivity index (χ0v) is 17.7. The van der Waals surface area contributed by atoms with E-state index in [4.69, 9.17) is 16.3 Å². The Hall–Kier alpha value is -2.49. The molecule has 4 heteroatoms. The van der Waals surface area contributed by atoms with Gasteiger partial charge in [-0.05, 0) is 71.3 Å². The van der Waals surface area contributed by atoms with Crippen LogP contribution in [0.4, 0.5) is 5.00 Å². The Morgan fingerprint density at radius 2 is 1.72 bits per heavy atom. The van der Waals surface area contributed by atoms with E-state index in [9.17, 15) is 0 Å². The molecule has 0 aliphatic heterocycles. The van der Waals surface area contributed by atoms with Gasteiger partial charge in [0.1, 0.15) is 5.75 Å². The van der Waals surface area contributed by atoms with E-state index in [2.05, 4.69) is 66.0 Å². The Labute approximate surface area is 180 Å². The maximum Gasteiger partial charge on any atom is 0.201 e. The molecule has 2 nitrogen and oxygen atoms in total. The van der Waals surface area contributed by atoms with Crippen LogP contribution in [0.15, 0.2) is 66.7 Å². The molecule has 0 bridgehead atoms. The maximum atomic E-state index is 6.46. The van der Waals surface area contributed by atoms with Gasteiger partial charge < -0.3 is 10.1 Å². The van der Waals surface area contributed by atoms with Crippen LogP contribution in [0.2, 0.25) is 5.02 Å². The van der Waals surface area contributed by atoms with Crippen molar-refractivity contribution >= 4 is 38.7 Å². The van der Waals surface area contributed by atoms with Gasteiger partial charge in [-0.15, -0.1) is 0 Å². The highest BCUT2D eigenvalue weighted by molar-refractivity contribution is 7.18. The number of anilines is 1. The molecule has 1 aliphatic rings. The first-order valence-corrected chi connectivity index (χ1v) is 11.3. The van der Waals surface area contributed by atoms with Crippen molar-refractivity contribution in [2.75, 3.05) is 5.32 Å². The second kappa shape index (κ2) is 8.10. The van der Waals surface area contributed by atoms with Crippen LogP contribution in [0.1, 0.15) is 29.5 Å². The van der Waals surface area contributed by atoms with Crippen LogP contribution < -0.4 is 10.1 Å². The van der Waals surface area contributed by atoms with Gasteiger partial charge in [-0.25, -0.2) is 0 Å². The Morgan fingerprint density at radius 3 is 2.66 bits per heavy atom. The summed E-state index contributed by atoms with van der Waals surface area (Å²) in [7, 11) is 0. The van der Waals surface area contributed by atoms with E-state index in [0.717, 1.165) is 28.8 Å². The predicted octanol–water partition coefficient (Wildman–Crippen LogP) is 7.84. The van der Waals surface area contributed by atoms with Crippen molar-refractivity contribution in [3.8, 4) is 10.8 Å². The van der Waals surface area contributed by atoms with Gasteiger partial charge in [0, 0.05) is 6.54 Å². The maximum absolute atomic E-state index is 6.46.